The first-order valence-corrected chi connectivity index (χ1v) is 4.96. The molecule has 3 nitrogen and oxygen atoms in total. The van der Waals surface area contributed by atoms with Crippen LogP contribution in [0.1, 0.15) is 5.56 Å². The van der Waals surface area contributed by atoms with E-state index in [0.717, 1.165) is 12.1 Å². The number of hydrogen-bond acceptors (Lipinski definition) is 3. The molecule has 0 saturated heterocycles. The Labute approximate surface area is 93.4 Å². The van der Waals surface area contributed by atoms with Gasteiger partial charge in [-0.05, 0) is 17.7 Å². The number of methoxy groups -OCH3 is 1. The van der Waals surface area contributed by atoms with E-state index in [1.54, 1.807) is 19.2 Å². The van der Waals surface area contributed by atoms with Crippen molar-refractivity contribution in [2.24, 2.45) is 0 Å². The SMILES string of the molecule is COCCNCc1cccc(OC(F)F)c1. The van der Waals surface area contributed by atoms with Crippen LogP contribution in [0.5, 0.6) is 5.75 Å². The van der Waals surface area contributed by atoms with Crippen molar-refractivity contribution >= 4 is 0 Å². The average Bonchev–Trinajstić information content (AvgIpc) is 2.24. The predicted molar refractivity (Wildman–Crippen MR) is 56.7 cm³/mol. The van der Waals surface area contributed by atoms with Crippen LogP contribution in [-0.2, 0) is 11.3 Å². The smallest absolute Gasteiger partial charge is 0.387 e. The van der Waals surface area contributed by atoms with Crippen LogP contribution in [0.15, 0.2) is 24.3 Å². The van der Waals surface area contributed by atoms with Gasteiger partial charge in [0, 0.05) is 20.2 Å². The molecule has 0 amide bonds. The highest BCUT2D eigenvalue weighted by molar-refractivity contribution is 5.28. The summed E-state index contributed by atoms with van der Waals surface area (Å²) in [4.78, 5) is 0. The number of rotatable bonds is 7. The van der Waals surface area contributed by atoms with E-state index in [1.165, 1.54) is 6.07 Å². The lowest BCUT2D eigenvalue weighted by Crippen LogP contribution is -2.18. The Balaban J connectivity index is 2.41. The average molecular weight is 231 g/mol. The first-order chi connectivity index (χ1) is 7.72. The molecule has 5 heteroatoms. The molecule has 0 aliphatic carbocycles. The summed E-state index contributed by atoms with van der Waals surface area (Å²) >= 11 is 0. The van der Waals surface area contributed by atoms with Crippen molar-refractivity contribution in [2.45, 2.75) is 13.2 Å². The number of nitrogens with one attached hydrogen (secondary N) is 1. The summed E-state index contributed by atoms with van der Waals surface area (Å²) in [5.74, 6) is 0.182. The highest BCUT2D eigenvalue weighted by atomic mass is 19.3. The Morgan fingerprint density at radius 2 is 2.19 bits per heavy atom. The Kier molecular flexibility index (Phi) is 5.74. The summed E-state index contributed by atoms with van der Waals surface area (Å²) in [5, 5.41) is 3.12. The highest BCUT2D eigenvalue weighted by Crippen LogP contribution is 2.15. The van der Waals surface area contributed by atoms with Crippen molar-refractivity contribution in [1.82, 2.24) is 5.32 Å². The van der Waals surface area contributed by atoms with Crippen molar-refractivity contribution in [3.8, 4) is 5.75 Å². The Morgan fingerprint density at radius 1 is 1.38 bits per heavy atom. The molecule has 0 radical (unpaired) electrons. The van der Waals surface area contributed by atoms with Crippen LogP contribution >= 0.6 is 0 Å². The van der Waals surface area contributed by atoms with E-state index in [0.29, 0.717) is 13.2 Å². The summed E-state index contributed by atoms with van der Waals surface area (Å²) in [6.45, 7) is -0.843. The van der Waals surface area contributed by atoms with Gasteiger partial charge in [-0.1, -0.05) is 12.1 Å². The molecule has 0 saturated carbocycles. The van der Waals surface area contributed by atoms with Crippen LogP contribution in [0.2, 0.25) is 0 Å². The molecule has 0 aliphatic rings. The normalized spacial score (nSPS) is 10.8. The minimum absolute atomic E-state index is 0.182. The van der Waals surface area contributed by atoms with Gasteiger partial charge in [0.1, 0.15) is 5.75 Å². The number of ether oxygens (including phenoxy) is 2. The van der Waals surface area contributed by atoms with Gasteiger partial charge < -0.3 is 14.8 Å². The second-order valence-corrected chi connectivity index (χ2v) is 3.20. The number of benzene rings is 1. The van der Waals surface area contributed by atoms with Crippen LogP contribution in [0.3, 0.4) is 0 Å². The predicted octanol–water partition coefficient (Wildman–Crippen LogP) is 2.02. The maximum Gasteiger partial charge on any atom is 0.387 e. The lowest BCUT2D eigenvalue weighted by atomic mass is 10.2. The molecule has 90 valence electrons. The molecule has 0 fully saturated rings. The molecule has 0 heterocycles. The third-order valence-corrected chi connectivity index (χ3v) is 1.94. The van der Waals surface area contributed by atoms with Gasteiger partial charge in [-0.25, -0.2) is 0 Å². The van der Waals surface area contributed by atoms with Gasteiger partial charge >= 0.3 is 6.61 Å². The van der Waals surface area contributed by atoms with Gasteiger partial charge in [0.25, 0.3) is 0 Å². The zero-order chi connectivity index (χ0) is 11.8. The second kappa shape index (κ2) is 7.14. The van der Waals surface area contributed by atoms with E-state index < -0.39 is 6.61 Å². The summed E-state index contributed by atoms with van der Waals surface area (Å²) in [6.07, 6.45) is 0. The largest absolute Gasteiger partial charge is 0.435 e. The molecule has 0 spiro atoms. The van der Waals surface area contributed by atoms with E-state index in [4.69, 9.17) is 4.74 Å². The van der Waals surface area contributed by atoms with Gasteiger partial charge in [-0.15, -0.1) is 0 Å². The van der Waals surface area contributed by atoms with Gasteiger partial charge in [0.05, 0.1) is 6.61 Å². The summed E-state index contributed by atoms with van der Waals surface area (Å²) < 4.78 is 33.1. The number of hydrogen-bond donors (Lipinski definition) is 1. The summed E-state index contributed by atoms with van der Waals surface area (Å²) in [7, 11) is 1.62. The molecule has 0 aromatic heterocycles. The van der Waals surface area contributed by atoms with Crippen molar-refractivity contribution in [3.05, 3.63) is 29.8 Å². The fourth-order valence-electron chi connectivity index (χ4n) is 1.24. The fraction of sp³-hybridized carbons (Fsp3) is 0.455. The fourth-order valence-corrected chi connectivity index (χ4v) is 1.24. The Hall–Kier alpha value is -1.20. The van der Waals surface area contributed by atoms with E-state index in [9.17, 15) is 8.78 Å². The maximum absolute atomic E-state index is 12.0. The number of alkyl halides is 2. The first kappa shape index (κ1) is 12.9. The third-order valence-electron chi connectivity index (χ3n) is 1.94. The van der Waals surface area contributed by atoms with E-state index >= 15 is 0 Å². The lowest BCUT2D eigenvalue weighted by molar-refractivity contribution is -0.0498. The Morgan fingerprint density at radius 3 is 2.88 bits per heavy atom. The molecule has 0 aliphatic heterocycles. The van der Waals surface area contributed by atoms with Crippen LogP contribution in [-0.4, -0.2) is 26.9 Å². The van der Waals surface area contributed by atoms with E-state index in [1.807, 2.05) is 6.07 Å². The standard InChI is InChI=1S/C11H15F2NO2/c1-15-6-5-14-8-9-3-2-4-10(7-9)16-11(12)13/h2-4,7,11,14H,5-6,8H2,1H3. The molecule has 0 atom stereocenters. The van der Waals surface area contributed by atoms with Crippen molar-refractivity contribution in [1.29, 1.82) is 0 Å². The zero-order valence-electron chi connectivity index (χ0n) is 9.08. The summed E-state index contributed by atoms with van der Waals surface area (Å²) in [6, 6.07) is 6.62. The van der Waals surface area contributed by atoms with Crippen LogP contribution < -0.4 is 10.1 Å². The quantitative estimate of drug-likeness (QED) is 0.728. The van der Waals surface area contributed by atoms with Gasteiger partial charge in [-0.3, -0.25) is 0 Å². The zero-order valence-corrected chi connectivity index (χ0v) is 9.08. The van der Waals surface area contributed by atoms with Crippen molar-refractivity contribution in [2.75, 3.05) is 20.3 Å². The maximum atomic E-state index is 12.0. The van der Waals surface area contributed by atoms with Crippen LogP contribution in [0.4, 0.5) is 8.78 Å². The van der Waals surface area contributed by atoms with Crippen molar-refractivity contribution < 1.29 is 18.3 Å². The number of halogens is 2. The Bertz CT molecular complexity index is 308. The highest BCUT2D eigenvalue weighted by Gasteiger charge is 2.04. The molecule has 1 aromatic carbocycles. The second-order valence-electron chi connectivity index (χ2n) is 3.20. The lowest BCUT2D eigenvalue weighted by Gasteiger charge is -2.07. The van der Waals surface area contributed by atoms with E-state index in [2.05, 4.69) is 10.1 Å². The monoisotopic (exact) mass is 231 g/mol. The van der Waals surface area contributed by atoms with Crippen LogP contribution in [0.25, 0.3) is 0 Å². The molecule has 0 unspecified atom stereocenters. The summed E-state index contributed by atoms with van der Waals surface area (Å²) in [5.41, 5.74) is 0.897. The molecule has 1 aromatic rings. The molecule has 1 rings (SSSR count). The van der Waals surface area contributed by atoms with Gasteiger partial charge in [0.15, 0.2) is 0 Å². The van der Waals surface area contributed by atoms with Gasteiger partial charge in [-0.2, -0.15) is 8.78 Å². The van der Waals surface area contributed by atoms with Gasteiger partial charge in [0.2, 0.25) is 0 Å². The minimum Gasteiger partial charge on any atom is -0.435 e. The molecular formula is C11H15F2NO2. The molecule has 16 heavy (non-hydrogen) atoms. The third kappa shape index (κ3) is 5.04. The minimum atomic E-state index is -2.78. The van der Waals surface area contributed by atoms with Crippen LogP contribution in [0, 0.1) is 0 Å². The van der Waals surface area contributed by atoms with Crippen molar-refractivity contribution in [3.63, 3.8) is 0 Å². The first-order valence-electron chi connectivity index (χ1n) is 4.96. The molecule has 0 bridgehead atoms. The molecule has 1 N–H and O–H groups in total. The van der Waals surface area contributed by atoms with E-state index in [-0.39, 0.29) is 5.75 Å². The topological polar surface area (TPSA) is 30.5 Å². The molecular weight excluding hydrogens is 216 g/mol.